The van der Waals surface area contributed by atoms with Gasteiger partial charge in [-0.05, 0) is 47.9 Å². The van der Waals surface area contributed by atoms with Gasteiger partial charge in [0.1, 0.15) is 0 Å². The van der Waals surface area contributed by atoms with Crippen molar-refractivity contribution in [2.45, 2.75) is 38.5 Å². The second-order valence-electron chi connectivity index (χ2n) is 7.34. The second-order valence-corrected chi connectivity index (χ2v) is 8.62. The highest BCUT2D eigenvalue weighted by Gasteiger charge is 2.34. The van der Waals surface area contributed by atoms with E-state index >= 15 is 0 Å². The number of carbonyl (C=O) groups excluding carboxylic acids is 1. The predicted molar refractivity (Wildman–Crippen MR) is 116 cm³/mol. The minimum atomic E-state index is -0.392. The van der Waals surface area contributed by atoms with Crippen molar-refractivity contribution < 1.29 is 9.53 Å². The first kappa shape index (κ1) is 21.2. The fourth-order valence-electron chi connectivity index (χ4n) is 3.29. The number of hydrogen-bond donors (Lipinski definition) is 0. The number of benzene rings is 2. The molecule has 1 atom stereocenters. The van der Waals surface area contributed by atoms with Gasteiger partial charge in [-0.15, -0.1) is 0 Å². The molecule has 2 aromatic rings. The molecule has 0 amide bonds. The lowest BCUT2D eigenvalue weighted by molar-refractivity contribution is 0.0500. The Morgan fingerprint density at radius 3 is 2.50 bits per heavy atom. The molecule has 1 unspecified atom stereocenters. The Bertz CT molecular complexity index is 906. The third-order valence-electron chi connectivity index (χ3n) is 4.99. The number of esters is 1. The zero-order valence-corrected chi connectivity index (χ0v) is 18.2. The fourth-order valence-corrected chi connectivity index (χ4v) is 4.07. The summed E-state index contributed by atoms with van der Waals surface area (Å²) in [4.78, 5) is 16.9. The summed E-state index contributed by atoms with van der Waals surface area (Å²) in [5.74, 6) is -0.392. The Morgan fingerprint density at radius 2 is 1.86 bits per heavy atom. The molecule has 1 aliphatic heterocycles. The van der Waals surface area contributed by atoms with Crippen LogP contribution in [0.15, 0.2) is 41.4 Å². The van der Waals surface area contributed by atoms with Gasteiger partial charge < -0.3 is 4.74 Å². The smallest absolute Gasteiger partial charge is 0.339 e. The van der Waals surface area contributed by atoms with Crippen LogP contribution in [0, 0.1) is 0 Å². The van der Waals surface area contributed by atoms with Crippen LogP contribution < -0.4 is 0 Å². The summed E-state index contributed by atoms with van der Waals surface area (Å²) in [7, 11) is 0. The van der Waals surface area contributed by atoms with Crippen LogP contribution in [-0.4, -0.2) is 24.8 Å². The average Bonchev–Trinajstić information content (AvgIpc) is 3.04. The lowest BCUT2D eigenvalue weighted by Gasteiger charge is -2.24. The van der Waals surface area contributed by atoms with Gasteiger partial charge in [0.15, 0.2) is 0 Å². The molecule has 28 heavy (non-hydrogen) atoms. The third kappa shape index (κ3) is 4.71. The van der Waals surface area contributed by atoms with E-state index < -0.39 is 5.97 Å². The van der Waals surface area contributed by atoms with Gasteiger partial charge in [0, 0.05) is 34.1 Å². The van der Waals surface area contributed by atoms with E-state index in [0.717, 1.165) is 36.1 Å². The Morgan fingerprint density at radius 1 is 1.14 bits per heavy atom. The Balaban J connectivity index is 1.76. The summed E-state index contributed by atoms with van der Waals surface area (Å²) in [6.07, 6.45) is 2.54. The first-order chi connectivity index (χ1) is 13.3. The molecule has 0 N–H and O–H groups in total. The molecule has 1 aliphatic rings. The van der Waals surface area contributed by atoms with Crippen LogP contribution in [0.4, 0.5) is 0 Å². The van der Waals surface area contributed by atoms with Crippen LogP contribution in [0.5, 0.6) is 0 Å². The topological polar surface area (TPSA) is 38.7 Å². The number of ether oxygens (including phenoxy) is 1. The number of carbonyl (C=O) groups is 1. The van der Waals surface area contributed by atoms with Gasteiger partial charge in [-0.3, -0.25) is 4.99 Å². The molecule has 6 heteroatoms. The predicted octanol–water partition coefficient (Wildman–Crippen LogP) is 6.75. The molecular weight excluding hydrogens is 417 g/mol. The van der Waals surface area contributed by atoms with Crippen molar-refractivity contribution in [3.05, 3.63) is 68.2 Å². The molecule has 0 saturated heterocycles. The molecule has 0 spiro atoms. The van der Waals surface area contributed by atoms with Crippen molar-refractivity contribution in [3.63, 3.8) is 0 Å². The van der Waals surface area contributed by atoms with Crippen molar-refractivity contribution in [1.82, 2.24) is 0 Å². The van der Waals surface area contributed by atoms with Crippen LogP contribution in [0.25, 0.3) is 0 Å². The normalized spacial score (nSPS) is 18.8. The summed E-state index contributed by atoms with van der Waals surface area (Å²) < 4.78 is 5.25. The van der Waals surface area contributed by atoms with E-state index in [1.807, 2.05) is 25.1 Å². The van der Waals surface area contributed by atoms with E-state index in [9.17, 15) is 4.79 Å². The van der Waals surface area contributed by atoms with Crippen LogP contribution in [0.3, 0.4) is 0 Å². The van der Waals surface area contributed by atoms with Gasteiger partial charge in [-0.1, -0.05) is 61.1 Å². The maximum Gasteiger partial charge on any atom is 0.339 e. The number of aliphatic imine (C=N–C) groups is 1. The molecule has 0 radical (unpaired) electrons. The lowest BCUT2D eigenvalue weighted by atomic mass is 9.79. The first-order valence-electron chi connectivity index (χ1n) is 9.29. The molecule has 0 aliphatic carbocycles. The van der Waals surface area contributed by atoms with E-state index in [2.05, 4.69) is 6.92 Å². The zero-order valence-electron chi connectivity index (χ0n) is 15.9. The molecule has 3 rings (SSSR count). The molecule has 2 aromatic carbocycles. The largest absolute Gasteiger partial charge is 0.462 e. The number of nitrogens with zero attached hydrogens (tertiary/aromatic N) is 1. The zero-order chi connectivity index (χ0) is 20.3. The summed E-state index contributed by atoms with van der Waals surface area (Å²) in [6, 6.07) is 11.0. The van der Waals surface area contributed by atoms with E-state index in [4.69, 9.17) is 44.5 Å². The molecular formula is C22H22Cl3NO2. The molecule has 0 saturated carbocycles. The third-order valence-corrected chi connectivity index (χ3v) is 5.74. The first-order valence-corrected chi connectivity index (χ1v) is 10.4. The van der Waals surface area contributed by atoms with Gasteiger partial charge in [0.2, 0.25) is 0 Å². The summed E-state index contributed by atoms with van der Waals surface area (Å²) in [6.45, 7) is 5.23. The van der Waals surface area contributed by atoms with Crippen molar-refractivity contribution in [1.29, 1.82) is 0 Å². The monoisotopic (exact) mass is 437 g/mol. The molecule has 0 aromatic heterocycles. The maximum atomic E-state index is 12.2. The second kappa shape index (κ2) is 8.86. The van der Waals surface area contributed by atoms with Crippen molar-refractivity contribution >= 4 is 46.5 Å². The molecule has 0 fully saturated rings. The van der Waals surface area contributed by atoms with Gasteiger partial charge in [-0.25, -0.2) is 4.79 Å². The Hall–Kier alpha value is -1.55. The summed E-state index contributed by atoms with van der Waals surface area (Å²) in [5, 5.41) is 1.61. The van der Waals surface area contributed by atoms with Gasteiger partial charge in [0.25, 0.3) is 0 Å². The minimum absolute atomic E-state index is 0.186. The number of rotatable bonds is 6. The molecule has 0 bridgehead atoms. The van der Waals surface area contributed by atoms with Crippen molar-refractivity contribution in [2.75, 3.05) is 13.2 Å². The highest BCUT2D eigenvalue weighted by Crippen LogP contribution is 2.37. The highest BCUT2D eigenvalue weighted by atomic mass is 35.5. The standard InChI is InChI=1S/C22H22Cl3NO2/c1-3-4-7-28-21(27)18-6-5-14(8-19(18)25)20-12-22(2,13-26-20)15-9-16(23)11-17(24)10-15/h5-6,8-11H,3-4,7,12-13H2,1-2H3. The SMILES string of the molecule is CCCCOC(=O)c1ccc(C2=NCC(C)(c3cc(Cl)cc(Cl)c3)C2)cc1Cl. The minimum Gasteiger partial charge on any atom is -0.462 e. The van der Waals surface area contributed by atoms with Crippen LogP contribution in [0.2, 0.25) is 15.1 Å². The molecule has 148 valence electrons. The quantitative estimate of drug-likeness (QED) is 0.369. The average molecular weight is 439 g/mol. The van der Waals surface area contributed by atoms with E-state index in [-0.39, 0.29) is 5.41 Å². The van der Waals surface area contributed by atoms with E-state index in [1.54, 1.807) is 18.2 Å². The summed E-state index contributed by atoms with van der Waals surface area (Å²) >= 11 is 18.7. The molecule has 3 nitrogen and oxygen atoms in total. The van der Waals surface area contributed by atoms with Gasteiger partial charge >= 0.3 is 5.97 Å². The van der Waals surface area contributed by atoms with Crippen molar-refractivity contribution in [3.8, 4) is 0 Å². The molecule has 1 heterocycles. The van der Waals surface area contributed by atoms with Crippen molar-refractivity contribution in [2.24, 2.45) is 4.99 Å². The van der Waals surface area contributed by atoms with E-state index in [0.29, 0.717) is 33.8 Å². The van der Waals surface area contributed by atoms with Gasteiger partial charge in [-0.2, -0.15) is 0 Å². The Labute approximate surface area is 180 Å². The fraction of sp³-hybridized carbons (Fsp3) is 0.364. The number of halogens is 3. The number of unbranched alkanes of at least 4 members (excludes halogenated alkanes) is 1. The van der Waals surface area contributed by atoms with Crippen LogP contribution in [-0.2, 0) is 10.2 Å². The summed E-state index contributed by atoms with van der Waals surface area (Å²) in [5.41, 5.74) is 3.11. The number of hydrogen-bond acceptors (Lipinski definition) is 3. The van der Waals surface area contributed by atoms with Gasteiger partial charge in [0.05, 0.1) is 17.2 Å². The van der Waals surface area contributed by atoms with E-state index in [1.165, 1.54) is 0 Å². The van der Waals surface area contributed by atoms with Crippen LogP contribution in [0.1, 0.15) is 54.6 Å². The Kier molecular flexibility index (Phi) is 6.69. The van der Waals surface area contributed by atoms with Crippen LogP contribution >= 0.6 is 34.8 Å². The highest BCUT2D eigenvalue weighted by molar-refractivity contribution is 6.35. The maximum absolute atomic E-state index is 12.2. The lowest BCUT2D eigenvalue weighted by Crippen LogP contribution is -2.23.